The highest BCUT2D eigenvalue weighted by molar-refractivity contribution is 6.16. The van der Waals surface area contributed by atoms with Crippen LogP contribution < -0.4 is 9.80 Å². The van der Waals surface area contributed by atoms with Gasteiger partial charge in [0.2, 0.25) is 0 Å². The first-order valence-electron chi connectivity index (χ1n) is 12.2. The first kappa shape index (κ1) is 22.8. The molecule has 2 aromatic carbocycles. The molecule has 1 saturated heterocycles. The van der Waals surface area contributed by atoms with E-state index >= 15 is 0 Å². The molecule has 1 amide bonds. The number of benzene rings is 2. The van der Waals surface area contributed by atoms with Gasteiger partial charge in [0.25, 0.3) is 5.91 Å². The van der Waals surface area contributed by atoms with Gasteiger partial charge in [-0.2, -0.15) is 0 Å². The van der Waals surface area contributed by atoms with E-state index in [-0.39, 0.29) is 17.8 Å². The maximum Gasteiger partial charge on any atom is 0.294 e. The Labute approximate surface area is 205 Å². The number of hydrogen-bond acceptors (Lipinski definition) is 5. The molecule has 35 heavy (non-hydrogen) atoms. The monoisotopic (exact) mass is 467 g/mol. The van der Waals surface area contributed by atoms with Crippen LogP contribution >= 0.6 is 0 Å². The summed E-state index contributed by atoms with van der Waals surface area (Å²) in [6.07, 6.45) is 7.66. The fourth-order valence-electron chi connectivity index (χ4n) is 5.02. The molecule has 178 valence electrons. The van der Waals surface area contributed by atoms with Crippen molar-refractivity contribution in [2.24, 2.45) is 0 Å². The number of aliphatic hydroxyl groups is 1. The maximum absolute atomic E-state index is 13.4. The van der Waals surface area contributed by atoms with E-state index in [1.165, 1.54) is 24.2 Å². The number of rotatable bonds is 7. The molecule has 6 nitrogen and oxygen atoms in total. The van der Waals surface area contributed by atoms with Crippen molar-refractivity contribution in [3.8, 4) is 0 Å². The Morgan fingerprint density at radius 3 is 2.31 bits per heavy atom. The van der Waals surface area contributed by atoms with Crippen molar-refractivity contribution in [2.45, 2.75) is 38.1 Å². The lowest BCUT2D eigenvalue weighted by molar-refractivity contribution is -0.118. The predicted molar refractivity (Wildman–Crippen MR) is 136 cm³/mol. The highest BCUT2D eigenvalue weighted by Crippen LogP contribution is 2.41. The number of nitrogens with zero attached hydrogens (tertiary/aromatic N) is 3. The number of aryl methyl sites for hydroxylation is 1. The fourth-order valence-corrected chi connectivity index (χ4v) is 5.02. The number of pyridine rings is 1. The van der Waals surface area contributed by atoms with Crippen LogP contribution in [0.4, 0.5) is 11.4 Å². The topological polar surface area (TPSA) is 73.7 Å². The average Bonchev–Trinajstić information content (AvgIpc) is 3.19. The SMILES string of the molecule is O=C(CCc1ccccc1)C1=C(O)C(=O)N(c2ccc(N3CCCCC3)cc2)C1c1cccnc1. The van der Waals surface area contributed by atoms with Crippen LogP contribution in [0.1, 0.15) is 42.9 Å². The first-order valence-corrected chi connectivity index (χ1v) is 12.2. The van der Waals surface area contributed by atoms with Crippen molar-refractivity contribution in [2.75, 3.05) is 22.9 Å². The van der Waals surface area contributed by atoms with Crippen molar-refractivity contribution < 1.29 is 14.7 Å². The molecule has 1 atom stereocenters. The average molecular weight is 468 g/mol. The lowest BCUT2D eigenvalue weighted by atomic mass is 9.94. The van der Waals surface area contributed by atoms with Gasteiger partial charge in [0.15, 0.2) is 11.5 Å². The van der Waals surface area contributed by atoms with Crippen LogP contribution in [0, 0.1) is 0 Å². The van der Waals surface area contributed by atoms with Gasteiger partial charge in [-0.3, -0.25) is 19.5 Å². The Bertz CT molecular complexity index is 1220. The van der Waals surface area contributed by atoms with Crippen molar-refractivity contribution in [1.82, 2.24) is 4.98 Å². The van der Waals surface area contributed by atoms with E-state index in [2.05, 4.69) is 9.88 Å². The third-order valence-corrected chi connectivity index (χ3v) is 6.84. The van der Waals surface area contributed by atoms with Gasteiger partial charge in [-0.1, -0.05) is 36.4 Å². The molecule has 0 spiro atoms. The summed E-state index contributed by atoms with van der Waals surface area (Å²) in [7, 11) is 0. The van der Waals surface area contributed by atoms with Gasteiger partial charge in [0.05, 0.1) is 11.6 Å². The molecule has 1 unspecified atom stereocenters. The van der Waals surface area contributed by atoms with E-state index in [4.69, 9.17) is 0 Å². The summed E-state index contributed by atoms with van der Waals surface area (Å²) < 4.78 is 0. The van der Waals surface area contributed by atoms with E-state index in [1.54, 1.807) is 18.5 Å². The number of ketones is 1. The van der Waals surface area contributed by atoms with E-state index < -0.39 is 17.7 Å². The third-order valence-electron chi connectivity index (χ3n) is 6.84. The molecule has 1 aromatic heterocycles. The predicted octanol–water partition coefficient (Wildman–Crippen LogP) is 5.17. The van der Waals surface area contributed by atoms with Crippen LogP contribution in [-0.2, 0) is 16.0 Å². The van der Waals surface area contributed by atoms with Crippen molar-refractivity contribution in [3.05, 3.63) is 102 Å². The van der Waals surface area contributed by atoms with Crippen LogP contribution in [0.15, 0.2) is 90.5 Å². The molecule has 0 radical (unpaired) electrons. The molecular formula is C29H29N3O3. The molecule has 5 rings (SSSR count). The fraction of sp³-hybridized carbons (Fsp3) is 0.276. The highest BCUT2D eigenvalue weighted by atomic mass is 16.3. The van der Waals surface area contributed by atoms with E-state index in [0.29, 0.717) is 17.7 Å². The maximum atomic E-state index is 13.4. The van der Waals surface area contributed by atoms with Gasteiger partial charge in [-0.15, -0.1) is 0 Å². The van der Waals surface area contributed by atoms with Gasteiger partial charge in [0.1, 0.15) is 0 Å². The zero-order chi connectivity index (χ0) is 24.2. The van der Waals surface area contributed by atoms with Gasteiger partial charge >= 0.3 is 0 Å². The molecular weight excluding hydrogens is 438 g/mol. The van der Waals surface area contributed by atoms with Crippen LogP contribution in [-0.4, -0.2) is 34.9 Å². The Morgan fingerprint density at radius 2 is 1.63 bits per heavy atom. The number of piperidine rings is 1. The lowest BCUT2D eigenvalue weighted by Crippen LogP contribution is -2.31. The molecule has 0 bridgehead atoms. The summed E-state index contributed by atoms with van der Waals surface area (Å²) in [6, 6.07) is 20.5. The minimum absolute atomic E-state index is 0.138. The molecule has 2 aliphatic rings. The Kier molecular flexibility index (Phi) is 6.62. The van der Waals surface area contributed by atoms with Crippen LogP contribution in [0.2, 0.25) is 0 Å². The smallest absolute Gasteiger partial charge is 0.294 e. The van der Waals surface area contributed by atoms with Gasteiger partial charge in [-0.05, 0) is 67.1 Å². The van der Waals surface area contributed by atoms with E-state index in [0.717, 1.165) is 24.3 Å². The van der Waals surface area contributed by atoms with Gasteiger partial charge in [0, 0.05) is 43.3 Å². The number of hydrogen-bond donors (Lipinski definition) is 1. The molecule has 0 saturated carbocycles. The number of carbonyl (C=O) groups excluding carboxylic acids is 2. The summed E-state index contributed by atoms with van der Waals surface area (Å²) in [5, 5.41) is 10.9. The van der Waals surface area contributed by atoms with Gasteiger partial charge < -0.3 is 10.0 Å². The lowest BCUT2D eigenvalue weighted by Gasteiger charge is -2.30. The summed E-state index contributed by atoms with van der Waals surface area (Å²) in [5.74, 6) is -1.27. The highest BCUT2D eigenvalue weighted by Gasteiger charge is 2.44. The second-order valence-electron chi connectivity index (χ2n) is 9.10. The molecule has 3 aromatic rings. The first-order chi connectivity index (χ1) is 17.1. The van der Waals surface area contributed by atoms with Crippen molar-refractivity contribution >= 4 is 23.1 Å². The van der Waals surface area contributed by atoms with Crippen molar-refractivity contribution in [1.29, 1.82) is 0 Å². The molecule has 3 heterocycles. The largest absolute Gasteiger partial charge is 0.503 e. The number of Topliss-reactive ketones (excluding diaryl/α,β-unsaturated/α-hetero) is 1. The minimum atomic E-state index is -0.722. The Balaban J connectivity index is 1.45. The van der Waals surface area contributed by atoms with Gasteiger partial charge in [-0.25, -0.2) is 0 Å². The number of carbonyl (C=O) groups is 2. The van der Waals surface area contributed by atoms with E-state index in [1.807, 2.05) is 60.7 Å². The Hall–Kier alpha value is -3.93. The summed E-state index contributed by atoms with van der Waals surface area (Å²) in [5.41, 5.74) is 3.62. The van der Waals surface area contributed by atoms with Crippen LogP contribution in [0.3, 0.4) is 0 Å². The van der Waals surface area contributed by atoms with Crippen molar-refractivity contribution in [3.63, 3.8) is 0 Å². The minimum Gasteiger partial charge on any atom is -0.503 e. The van der Waals surface area contributed by atoms with Crippen LogP contribution in [0.25, 0.3) is 0 Å². The zero-order valence-electron chi connectivity index (χ0n) is 19.6. The van der Waals surface area contributed by atoms with E-state index in [9.17, 15) is 14.7 Å². The molecule has 2 aliphatic heterocycles. The number of anilines is 2. The third kappa shape index (κ3) is 4.69. The standard InChI is InChI=1S/C29H29N3O3/c33-25(16-11-21-8-3-1-4-9-21)26-27(22-10-7-17-30-20-22)32(29(35)28(26)34)24-14-12-23(13-15-24)31-18-5-2-6-19-31/h1,3-4,7-10,12-15,17,20,27,34H,2,5-6,11,16,18-19H2. The molecule has 1 fully saturated rings. The molecule has 6 heteroatoms. The summed E-state index contributed by atoms with van der Waals surface area (Å²) >= 11 is 0. The summed E-state index contributed by atoms with van der Waals surface area (Å²) in [4.78, 5) is 34.8. The Morgan fingerprint density at radius 1 is 0.914 bits per heavy atom. The number of aromatic nitrogens is 1. The number of aliphatic hydroxyl groups excluding tert-OH is 1. The second-order valence-corrected chi connectivity index (χ2v) is 9.10. The molecule has 0 aliphatic carbocycles. The quantitative estimate of drug-likeness (QED) is 0.519. The van der Waals surface area contributed by atoms with Crippen LogP contribution in [0.5, 0.6) is 0 Å². The summed E-state index contributed by atoms with van der Waals surface area (Å²) in [6.45, 7) is 2.06. The number of amides is 1. The molecule has 1 N–H and O–H groups in total. The normalized spacial score (nSPS) is 18.3. The zero-order valence-corrected chi connectivity index (χ0v) is 19.6. The second kappa shape index (κ2) is 10.1.